The monoisotopic (exact) mass is 411 g/mol. The van der Waals surface area contributed by atoms with Crippen molar-refractivity contribution < 1.29 is 0 Å². The van der Waals surface area contributed by atoms with Gasteiger partial charge >= 0.3 is 0 Å². The molecule has 0 unspecified atom stereocenters. The zero-order valence-electron chi connectivity index (χ0n) is 19.6. The van der Waals surface area contributed by atoms with Crippen molar-refractivity contribution in [1.82, 2.24) is 15.5 Å². The van der Waals surface area contributed by atoms with Gasteiger partial charge in [0.1, 0.15) is 0 Å². The first-order valence-electron chi connectivity index (χ1n) is 12.8. The second-order valence-corrected chi connectivity index (χ2v) is 9.37. The van der Waals surface area contributed by atoms with E-state index in [1.807, 2.05) is 0 Å². The fourth-order valence-corrected chi connectivity index (χ4v) is 3.95. The Kier molecular flexibility index (Phi) is 18.3. The quantitative estimate of drug-likeness (QED) is 0.457. The van der Waals surface area contributed by atoms with Crippen molar-refractivity contribution >= 4 is 0 Å². The molecule has 2 aliphatic carbocycles. The van der Waals surface area contributed by atoms with Crippen LogP contribution in [0.4, 0.5) is 0 Å². The molecule has 0 spiro atoms. The SMILES string of the molecule is C1CCNCC1.C1CN1.CN1CCCCC1.NC1CCCC1.NC1CCCCC1. The highest BCUT2D eigenvalue weighted by Crippen LogP contribution is 2.15. The minimum atomic E-state index is 0.536. The Bertz CT molecular complexity index is 285. The first-order valence-corrected chi connectivity index (χ1v) is 12.8. The lowest BCUT2D eigenvalue weighted by Gasteiger charge is -2.20. The van der Waals surface area contributed by atoms with Crippen molar-refractivity contribution in [2.75, 3.05) is 46.3 Å². The maximum atomic E-state index is 5.63. The summed E-state index contributed by atoms with van der Waals surface area (Å²) in [5, 5.41) is 6.28. The molecule has 2 saturated carbocycles. The average Bonchev–Trinajstić information content (AvgIpc) is 3.58. The number of piperidine rings is 2. The lowest BCUT2D eigenvalue weighted by molar-refractivity contribution is 0.277. The van der Waals surface area contributed by atoms with E-state index in [0.717, 1.165) is 0 Å². The molecule has 6 N–H and O–H groups in total. The van der Waals surface area contributed by atoms with E-state index in [2.05, 4.69) is 22.6 Å². The molecule has 5 fully saturated rings. The molecular weight excluding hydrogens is 358 g/mol. The molecule has 3 aliphatic heterocycles. The Hall–Kier alpha value is -0.200. The van der Waals surface area contributed by atoms with Crippen LogP contribution in [0.5, 0.6) is 0 Å². The van der Waals surface area contributed by atoms with Gasteiger partial charge < -0.3 is 27.0 Å². The fourth-order valence-electron chi connectivity index (χ4n) is 3.95. The minimum absolute atomic E-state index is 0.536. The molecule has 5 heteroatoms. The van der Waals surface area contributed by atoms with Crippen LogP contribution in [0.15, 0.2) is 0 Å². The smallest absolute Gasteiger partial charge is 0.00772 e. The number of likely N-dealkylation sites (tertiary alicyclic amines) is 1. The molecule has 174 valence electrons. The standard InChI is InChI=1S/2C6H13N.2C5H11N.C2H5N/c1-7-5-3-2-4-6-7;7-6-4-2-1-3-5-6;1-2-4-6-5-3-1;6-5-3-1-2-4-5;1-2-3-1/h2-6H2,1H3;6H,1-5,7H2;6H,1-5H2;5H,1-4,6H2;3H,1-2H2. The second kappa shape index (κ2) is 19.7. The van der Waals surface area contributed by atoms with Crippen LogP contribution >= 0.6 is 0 Å². The van der Waals surface area contributed by atoms with Crippen molar-refractivity contribution in [3.63, 3.8) is 0 Å². The number of nitrogens with one attached hydrogen (secondary N) is 2. The van der Waals surface area contributed by atoms with Gasteiger partial charge in [0.2, 0.25) is 0 Å². The summed E-state index contributed by atoms with van der Waals surface area (Å²) in [5.74, 6) is 0. The molecule has 0 aromatic rings. The summed E-state index contributed by atoms with van der Waals surface area (Å²) < 4.78 is 0. The van der Waals surface area contributed by atoms with Gasteiger partial charge in [-0.25, -0.2) is 0 Å². The van der Waals surface area contributed by atoms with E-state index >= 15 is 0 Å². The zero-order valence-corrected chi connectivity index (χ0v) is 19.6. The van der Waals surface area contributed by atoms with Crippen LogP contribution in [0.3, 0.4) is 0 Å². The van der Waals surface area contributed by atoms with Crippen LogP contribution in [0, 0.1) is 0 Å². The van der Waals surface area contributed by atoms with Gasteiger partial charge in [-0.15, -0.1) is 0 Å². The Labute approximate surface area is 182 Å². The predicted octanol–water partition coefficient (Wildman–Crippen LogP) is 3.62. The Morgan fingerprint density at radius 1 is 0.517 bits per heavy atom. The summed E-state index contributed by atoms with van der Waals surface area (Å²) >= 11 is 0. The van der Waals surface area contributed by atoms with Gasteiger partial charge in [-0.3, -0.25) is 0 Å². The normalized spacial score (nSPS) is 24.9. The van der Waals surface area contributed by atoms with Gasteiger partial charge in [-0.2, -0.15) is 0 Å². The van der Waals surface area contributed by atoms with Gasteiger partial charge in [0.15, 0.2) is 0 Å². The Morgan fingerprint density at radius 2 is 0.862 bits per heavy atom. The van der Waals surface area contributed by atoms with Crippen LogP contribution in [-0.2, 0) is 0 Å². The highest BCUT2D eigenvalue weighted by molar-refractivity contribution is 4.68. The Morgan fingerprint density at radius 3 is 1.07 bits per heavy atom. The van der Waals surface area contributed by atoms with Crippen LogP contribution in [-0.4, -0.2) is 63.3 Å². The van der Waals surface area contributed by atoms with E-state index in [1.165, 1.54) is 136 Å². The lowest BCUT2D eigenvalue weighted by Crippen LogP contribution is -2.24. The molecule has 29 heavy (non-hydrogen) atoms. The van der Waals surface area contributed by atoms with Gasteiger partial charge in [-0.1, -0.05) is 44.9 Å². The van der Waals surface area contributed by atoms with E-state index in [1.54, 1.807) is 0 Å². The van der Waals surface area contributed by atoms with E-state index in [0.29, 0.717) is 12.1 Å². The molecule has 0 atom stereocenters. The maximum absolute atomic E-state index is 5.63. The van der Waals surface area contributed by atoms with Crippen molar-refractivity contribution in [1.29, 1.82) is 0 Å². The predicted molar refractivity (Wildman–Crippen MR) is 128 cm³/mol. The van der Waals surface area contributed by atoms with Gasteiger partial charge in [0.05, 0.1) is 0 Å². The Balaban J connectivity index is 0.000000185. The highest BCUT2D eigenvalue weighted by Gasteiger charge is 2.08. The highest BCUT2D eigenvalue weighted by atomic mass is 15.1. The topological polar surface area (TPSA) is 89.2 Å². The molecule has 0 aromatic heterocycles. The van der Waals surface area contributed by atoms with Crippen LogP contribution in [0.2, 0.25) is 0 Å². The summed E-state index contributed by atoms with van der Waals surface area (Å²) in [6.07, 6.45) is 20.4. The summed E-state index contributed by atoms with van der Waals surface area (Å²) in [5.41, 5.74) is 11.2. The molecule has 5 nitrogen and oxygen atoms in total. The van der Waals surface area contributed by atoms with Gasteiger partial charge in [0.25, 0.3) is 0 Å². The maximum Gasteiger partial charge on any atom is 0.00772 e. The molecule has 5 rings (SSSR count). The molecule has 5 aliphatic rings. The van der Waals surface area contributed by atoms with Crippen molar-refractivity contribution in [2.24, 2.45) is 11.5 Å². The molecule has 0 bridgehead atoms. The number of hydrogen-bond donors (Lipinski definition) is 4. The lowest BCUT2D eigenvalue weighted by atomic mass is 9.97. The third kappa shape index (κ3) is 20.8. The van der Waals surface area contributed by atoms with Crippen molar-refractivity contribution in [2.45, 2.75) is 108 Å². The van der Waals surface area contributed by atoms with Crippen molar-refractivity contribution in [3.05, 3.63) is 0 Å². The summed E-state index contributed by atoms with van der Waals surface area (Å²) in [6.45, 7) is 7.64. The largest absolute Gasteiger partial charge is 0.328 e. The molecule has 0 amide bonds. The van der Waals surface area contributed by atoms with Crippen LogP contribution < -0.4 is 22.1 Å². The van der Waals surface area contributed by atoms with E-state index in [9.17, 15) is 0 Å². The van der Waals surface area contributed by atoms with Crippen LogP contribution in [0.1, 0.15) is 96.3 Å². The average molecular weight is 412 g/mol. The number of hydrogen-bond acceptors (Lipinski definition) is 5. The first kappa shape index (κ1) is 26.8. The van der Waals surface area contributed by atoms with E-state index < -0.39 is 0 Å². The number of rotatable bonds is 0. The molecule has 3 saturated heterocycles. The summed E-state index contributed by atoms with van der Waals surface area (Å²) in [6, 6.07) is 1.08. The third-order valence-electron chi connectivity index (χ3n) is 6.09. The molecule has 3 heterocycles. The van der Waals surface area contributed by atoms with Gasteiger partial charge in [0, 0.05) is 25.2 Å². The summed E-state index contributed by atoms with van der Waals surface area (Å²) in [4.78, 5) is 2.39. The fraction of sp³-hybridized carbons (Fsp3) is 1.00. The molecule has 0 radical (unpaired) electrons. The minimum Gasteiger partial charge on any atom is -0.328 e. The van der Waals surface area contributed by atoms with Crippen LogP contribution in [0.25, 0.3) is 0 Å². The van der Waals surface area contributed by atoms with Gasteiger partial charge in [-0.05, 0) is 84.6 Å². The first-order chi connectivity index (χ1) is 14.2. The number of nitrogens with zero attached hydrogens (tertiary/aromatic N) is 1. The number of nitrogens with two attached hydrogens (primary N) is 2. The summed E-state index contributed by atoms with van der Waals surface area (Å²) in [7, 11) is 2.19. The zero-order chi connectivity index (χ0) is 21.0. The second-order valence-electron chi connectivity index (χ2n) is 9.37. The van der Waals surface area contributed by atoms with Crippen molar-refractivity contribution in [3.8, 4) is 0 Å². The third-order valence-corrected chi connectivity index (χ3v) is 6.09. The molecule has 0 aromatic carbocycles. The molecular formula is C24H53N5. The van der Waals surface area contributed by atoms with E-state index in [-0.39, 0.29) is 0 Å². The van der Waals surface area contributed by atoms with E-state index in [4.69, 9.17) is 11.5 Å².